The van der Waals surface area contributed by atoms with Gasteiger partial charge in [0.1, 0.15) is 0 Å². The summed E-state index contributed by atoms with van der Waals surface area (Å²) in [6.45, 7) is 21.7. The van der Waals surface area contributed by atoms with E-state index >= 15 is 0 Å². The fraction of sp³-hybridized carbons (Fsp3) is 1.00. The Morgan fingerprint density at radius 2 is 0.690 bits per heavy atom. The van der Waals surface area contributed by atoms with Crippen molar-refractivity contribution in [2.45, 2.75) is 113 Å². The van der Waals surface area contributed by atoms with Crippen molar-refractivity contribution in [3.05, 3.63) is 16.0 Å². The predicted molar refractivity (Wildman–Crippen MR) is 132 cm³/mol. The van der Waals surface area contributed by atoms with Crippen LogP contribution in [0.25, 0.3) is 16.0 Å². The molecule has 0 aliphatic rings. The molecule has 0 fully saturated rings. The first-order valence-electron chi connectivity index (χ1n) is 12.2. The maximum atomic E-state index is 8.29. The van der Waals surface area contributed by atoms with Gasteiger partial charge < -0.3 is 21.1 Å². The Hall–Kier alpha value is 0.554. The van der Waals surface area contributed by atoms with Gasteiger partial charge in [0, 0.05) is 6.61 Å². The fourth-order valence-electron chi connectivity index (χ4n) is 1.82. The Morgan fingerprint density at radius 3 is 0.862 bits per heavy atom. The summed E-state index contributed by atoms with van der Waals surface area (Å²) in [6.07, 6.45) is 11.8. The zero-order valence-electron chi connectivity index (χ0n) is 21.3. The summed E-state index contributed by atoms with van der Waals surface area (Å²) in [7, 11) is 0. The number of hydrogen-bond donors (Lipinski definition) is 1. The molecule has 1 N–H and O–H groups in total. The second-order valence-electron chi connectivity index (χ2n) is 6.80. The maximum absolute atomic E-state index is 8.29. The van der Waals surface area contributed by atoms with Crippen molar-refractivity contribution in [2.75, 3.05) is 45.9 Å². The van der Waals surface area contributed by atoms with Gasteiger partial charge >= 0.3 is 21.7 Å². The van der Waals surface area contributed by atoms with Gasteiger partial charge in [0.05, 0.1) is 0 Å². The molecule has 0 heterocycles. The van der Waals surface area contributed by atoms with E-state index in [0.717, 1.165) is 45.7 Å². The molecule has 0 spiro atoms. The summed E-state index contributed by atoms with van der Waals surface area (Å²) in [5, 5.41) is 20.9. The summed E-state index contributed by atoms with van der Waals surface area (Å²) in [4.78, 5) is 0. The predicted octanol–water partition coefficient (Wildman–Crippen LogP) is 8.10. The van der Waals surface area contributed by atoms with Crippen LogP contribution in [0.4, 0.5) is 0 Å². The average Bonchev–Trinajstić information content (AvgIpc) is 2.71. The molecular weight excluding hydrogens is 394 g/mol. The van der Waals surface area contributed by atoms with Crippen molar-refractivity contribution in [1.82, 2.24) is 0 Å². The van der Waals surface area contributed by atoms with Crippen molar-refractivity contribution in [2.24, 2.45) is 0 Å². The van der Waals surface area contributed by atoms with Crippen LogP contribution in [0.15, 0.2) is 0 Å². The number of unbranched alkanes of at least 4 members (excludes halogenated alkanes) is 3. The van der Waals surface area contributed by atoms with E-state index in [-0.39, 0.29) is 21.7 Å². The van der Waals surface area contributed by atoms with Crippen LogP contribution in [-0.4, -0.2) is 51.0 Å². The van der Waals surface area contributed by atoms with Crippen molar-refractivity contribution in [3.63, 3.8) is 0 Å². The van der Waals surface area contributed by atoms with Crippen molar-refractivity contribution in [3.8, 4) is 0 Å². The Balaban J connectivity index is -0.0000000873. The summed E-state index contributed by atoms with van der Waals surface area (Å²) in [5.41, 5.74) is 0. The fourth-order valence-corrected chi connectivity index (χ4v) is 1.82. The SMILES string of the molecule is CCCCCCO.CCC[N-]CCC.CCC[N-]CCC.CCC[N-]CCC.[Ti+3]. The molecule has 0 atom stereocenters. The van der Waals surface area contributed by atoms with Crippen LogP contribution in [0, 0.1) is 0 Å². The molecule has 0 unspecified atom stereocenters. The molecule has 0 rings (SSSR count). The third kappa shape index (κ3) is 73.5. The summed E-state index contributed by atoms with van der Waals surface area (Å²) in [5.74, 6) is 0. The van der Waals surface area contributed by atoms with Gasteiger partial charge in [0.25, 0.3) is 0 Å². The molecule has 177 valence electrons. The van der Waals surface area contributed by atoms with E-state index in [4.69, 9.17) is 5.11 Å². The van der Waals surface area contributed by atoms with Gasteiger partial charge in [-0.05, 0) is 6.42 Å². The molecule has 5 heteroatoms. The van der Waals surface area contributed by atoms with Gasteiger partial charge in [-0.2, -0.15) is 0 Å². The van der Waals surface area contributed by atoms with E-state index in [0.29, 0.717) is 6.61 Å². The number of nitrogens with zero attached hydrogens (tertiary/aromatic N) is 3. The molecule has 0 aliphatic carbocycles. The van der Waals surface area contributed by atoms with Crippen LogP contribution in [0.3, 0.4) is 0 Å². The van der Waals surface area contributed by atoms with E-state index < -0.39 is 0 Å². The molecule has 29 heavy (non-hydrogen) atoms. The number of aliphatic hydroxyl groups is 1. The Labute approximate surface area is 201 Å². The first kappa shape index (κ1) is 40.0. The van der Waals surface area contributed by atoms with Gasteiger partial charge in [-0.3, -0.25) is 0 Å². The molecule has 0 saturated carbocycles. The van der Waals surface area contributed by atoms with Crippen LogP contribution < -0.4 is 0 Å². The van der Waals surface area contributed by atoms with E-state index in [1.54, 1.807) is 0 Å². The number of rotatable bonds is 16. The first-order chi connectivity index (χ1) is 13.7. The molecule has 4 nitrogen and oxygen atoms in total. The zero-order valence-corrected chi connectivity index (χ0v) is 22.9. The average molecular weight is 451 g/mol. The first-order valence-corrected chi connectivity index (χ1v) is 12.2. The van der Waals surface area contributed by atoms with Gasteiger partial charge in [0.15, 0.2) is 0 Å². The molecule has 0 saturated heterocycles. The van der Waals surface area contributed by atoms with E-state index in [1.807, 2.05) is 0 Å². The minimum absolute atomic E-state index is 0. The Kier molecular flexibility index (Phi) is 70.7. The molecular formula is C24H56N3OTi. The monoisotopic (exact) mass is 450 g/mol. The topological polar surface area (TPSA) is 62.5 Å². The number of hydrogen-bond acceptors (Lipinski definition) is 1. The third-order valence-corrected chi connectivity index (χ3v) is 3.30. The quantitative estimate of drug-likeness (QED) is 0.187. The van der Waals surface area contributed by atoms with E-state index in [2.05, 4.69) is 64.4 Å². The third-order valence-electron chi connectivity index (χ3n) is 3.30. The summed E-state index contributed by atoms with van der Waals surface area (Å²) >= 11 is 0. The van der Waals surface area contributed by atoms with Gasteiger partial charge in [-0.25, -0.2) is 0 Å². The number of aliphatic hydroxyl groups excluding tert-OH is 1. The second kappa shape index (κ2) is 51.3. The summed E-state index contributed by atoms with van der Waals surface area (Å²) in [6, 6.07) is 0. The molecule has 1 radical (unpaired) electrons. The van der Waals surface area contributed by atoms with Gasteiger partial charge in [-0.15, -0.1) is 39.3 Å². The molecule has 0 aromatic rings. The minimum atomic E-state index is 0. The molecule has 0 aliphatic heterocycles. The van der Waals surface area contributed by atoms with Gasteiger partial charge in [0.2, 0.25) is 0 Å². The molecule has 0 bridgehead atoms. The molecule has 0 aromatic heterocycles. The van der Waals surface area contributed by atoms with Crippen LogP contribution >= 0.6 is 0 Å². The smallest absolute Gasteiger partial charge is 0.662 e. The standard InChI is InChI=1S/3C6H14N.C6H14O.Ti/c3*1-3-5-7-6-4-2;1-2-3-4-5-6-7;/h3*3-6H2,1-2H3;7H,2-6H2,1H3;/q3*-1;;+3. The normalized spacial score (nSPS) is 9.10. The second-order valence-corrected chi connectivity index (χ2v) is 6.80. The van der Waals surface area contributed by atoms with Crippen LogP contribution in [0.2, 0.25) is 0 Å². The van der Waals surface area contributed by atoms with Crippen molar-refractivity contribution >= 4 is 0 Å². The van der Waals surface area contributed by atoms with Crippen LogP contribution in [0.1, 0.15) is 113 Å². The van der Waals surface area contributed by atoms with E-state index in [9.17, 15) is 0 Å². The maximum Gasteiger partial charge on any atom is 3.00 e. The van der Waals surface area contributed by atoms with Crippen molar-refractivity contribution in [1.29, 1.82) is 0 Å². The Morgan fingerprint density at radius 1 is 0.414 bits per heavy atom. The minimum Gasteiger partial charge on any atom is -0.662 e. The van der Waals surface area contributed by atoms with Crippen molar-refractivity contribution < 1.29 is 26.8 Å². The molecule has 0 amide bonds. The van der Waals surface area contributed by atoms with E-state index in [1.165, 1.54) is 57.8 Å². The largest absolute Gasteiger partial charge is 3.00 e. The molecule has 0 aromatic carbocycles. The Bertz CT molecular complexity index is 143. The van der Waals surface area contributed by atoms with Gasteiger partial charge in [-0.1, -0.05) is 106 Å². The van der Waals surface area contributed by atoms with Crippen LogP contribution in [-0.2, 0) is 21.7 Å². The zero-order chi connectivity index (χ0) is 22.1. The van der Waals surface area contributed by atoms with Crippen LogP contribution in [0.5, 0.6) is 0 Å². The summed E-state index contributed by atoms with van der Waals surface area (Å²) < 4.78 is 0.